The molecule has 1 aliphatic carbocycles. The third-order valence-electron chi connectivity index (χ3n) is 5.27. The van der Waals surface area contributed by atoms with Crippen LogP contribution in [0, 0.1) is 12.8 Å². The molecular weight excluding hydrogens is 328 g/mol. The van der Waals surface area contributed by atoms with Gasteiger partial charge in [-0.15, -0.1) is 10.2 Å². The van der Waals surface area contributed by atoms with E-state index in [2.05, 4.69) is 14.8 Å². The molecule has 1 aromatic heterocycles. The summed E-state index contributed by atoms with van der Waals surface area (Å²) in [6.45, 7) is 3.82. The van der Waals surface area contributed by atoms with Gasteiger partial charge in [0.2, 0.25) is 0 Å². The fourth-order valence-electron chi connectivity index (χ4n) is 3.67. The number of aromatic nitrogens is 3. The molecule has 2 fully saturated rings. The van der Waals surface area contributed by atoms with E-state index in [1.165, 1.54) is 12.8 Å². The lowest BCUT2D eigenvalue weighted by atomic mass is 10.0. The highest BCUT2D eigenvalue weighted by atomic mass is 16.5. The van der Waals surface area contributed by atoms with Crippen LogP contribution in [0.5, 0.6) is 5.75 Å². The van der Waals surface area contributed by atoms with Crippen molar-refractivity contribution in [1.82, 2.24) is 19.7 Å². The maximum atomic E-state index is 12.9. The lowest BCUT2D eigenvalue weighted by Gasteiger charge is -2.35. The smallest absolute Gasteiger partial charge is 0.261 e. The van der Waals surface area contributed by atoms with Gasteiger partial charge < -0.3 is 14.2 Å². The Balaban J connectivity index is 1.44. The Kier molecular flexibility index (Phi) is 4.91. The first kappa shape index (κ1) is 17.1. The lowest BCUT2D eigenvalue weighted by molar-refractivity contribution is -0.137. The second kappa shape index (κ2) is 7.48. The maximum absolute atomic E-state index is 12.9. The van der Waals surface area contributed by atoms with Crippen molar-refractivity contribution in [3.05, 3.63) is 42.0 Å². The first-order chi connectivity index (χ1) is 12.7. The third kappa shape index (κ3) is 3.89. The number of carbonyl (C=O) groups is 1. The molecule has 1 saturated carbocycles. The molecule has 6 heteroatoms. The van der Waals surface area contributed by atoms with Crippen molar-refractivity contribution in [3.63, 3.8) is 0 Å². The molecule has 26 heavy (non-hydrogen) atoms. The minimum absolute atomic E-state index is 0.0126. The van der Waals surface area contributed by atoms with Gasteiger partial charge in [-0.1, -0.05) is 12.1 Å². The summed E-state index contributed by atoms with van der Waals surface area (Å²) in [6, 6.07) is 7.81. The average Bonchev–Trinajstić information content (AvgIpc) is 3.35. The van der Waals surface area contributed by atoms with Crippen LogP contribution in [0.1, 0.15) is 49.5 Å². The molecule has 1 saturated heterocycles. The molecule has 6 nitrogen and oxygen atoms in total. The molecule has 2 heterocycles. The van der Waals surface area contributed by atoms with Crippen molar-refractivity contribution in [2.75, 3.05) is 13.2 Å². The van der Waals surface area contributed by atoms with Crippen LogP contribution in [0.15, 0.2) is 30.6 Å². The quantitative estimate of drug-likeness (QED) is 0.800. The van der Waals surface area contributed by atoms with Gasteiger partial charge in [0, 0.05) is 13.1 Å². The molecule has 2 aromatic rings. The summed E-state index contributed by atoms with van der Waals surface area (Å²) in [6.07, 6.45) is 7.48. The predicted molar refractivity (Wildman–Crippen MR) is 97.7 cm³/mol. The molecule has 0 radical (unpaired) electrons. The molecule has 1 aromatic carbocycles. The van der Waals surface area contributed by atoms with Gasteiger partial charge in [-0.3, -0.25) is 4.79 Å². The number of aryl methyl sites for hydroxylation is 1. The Morgan fingerprint density at radius 2 is 2.15 bits per heavy atom. The number of amides is 1. The molecule has 1 amide bonds. The van der Waals surface area contributed by atoms with Gasteiger partial charge in [0.05, 0.1) is 6.04 Å². The first-order valence-corrected chi connectivity index (χ1v) is 9.57. The first-order valence-electron chi connectivity index (χ1n) is 9.57. The van der Waals surface area contributed by atoms with Crippen molar-refractivity contribution < 1.29 is 9.53 Å². The number of ether oxygens (including phenoxy) is 1. The molecule has 138 valence electrons. The number of hydrogen-bond donors (Lipinski definition) is 0. The Morgan fingerprint density at radius 1 is 1.27 bits per heavy atom. The van der Waals surface area contributed by atoms with Gasteiger partial charge in [-0.25, -0.2) is 0 Å². The van der Waals surface area contributed by atoms with E-state index in [-0.39, 0.29) is 18.6 Å². The van der Waals surface area contributed by atoms with Crippen molar-refractivity contribution in [3.8, 4) is 5.75 Å². The van der Waals surface area contributed by atoms with E-state index in [0.717, 1.165) is 55.4 Å². The number of rotatable bonds is 6. The topological polar surface area (TPSA) is 60.2 Å². The fourth-order valence-corrected chi connectivity index (χ4v) is 3.67. The fraction of sp³-hybridized carbons (Fsp3) is 0.550. The predicted octanol–water partition coefficient (Wildman–Crippen LogP) is 3.13. The highest BCUT2D eigenvalue weighted by molar-refractivity contribution is 5.78. The van der Waals surface area contributed by atoms with Crippen LogP contribution in [0.4, 0.5) is 0 Å². The van der Waals surface area contributed by atoms with E-state index >= 15 is 0 Å². The summed E-state index contributed by atoms with van der Waals surface area (Å²) < 4.78 is 7.89. The molecular formula is C20H26N4O2. The third-order valence-corrected chi connectivity index (χ3v) is 5.27. The maximum Gasteiger partial charge on any atom is 0.261 e. The standard InChI is InChI=1S/C20H26N4O2/c1-15-5-4-6-17(11-15)26-13-19(25)24-10-3-2-7-18(24)20-22-21-14-23(20)12-16-8-9-16/h4-6,11,14,16,18H,2-3,7-10,12-13H2,1H3. The van der Waals surface area contributed by atoms with E-state index in [1.807, 2.05) is 42.4 Å². The minimum atomic E-state index is 0.0126. The van der Waals surface area contributed by atoms with Crippen molar-refractivity contribution in [2.45, 2.75) is 51.6 Å². The molecule has 0 spiro atoms. The molecule has 0 N–H and O–H groups in total. The summed E-state index contributed by atoms with van der Waals surface area (Å²) in [5.41, 5.74) is 1.12. The number of likely N-dealkylation sites (tertiary alicyclic amines) is 1. The summed E-state index contributed by atoms with van der Waals surface area (Å²) in [7, 11) is 0. The average molecular weight is 354 g/mol. The Labute approximate surface area is 154 Å². The Morgan fingerprint density at radius 3 is 2.96 bits per heavy atom. The Bertz CT molecular complexity index is 769. The number of nitrogens with zero attached hydrogens (tertiary/aromatic N) is 4. The monoisotopic (exact) mass is 354 g/mol. The largest absolute Gasteiger partial charge is 0.484 e. The normalized spacial score (nSPS) is 20.2. The van der Waals surface area contributed by atoms with E-state index in [9.17, 15) is 4.79 Å². The summed E-state index contributed by atoms with van der Waals surface area (Å²) in [5.74, 6) is 2.45. The van der Waals surface area contributed by atoms with E-state index < -0.39 is 0 Å². The number of benzene rings is 1. The molecule has 2 aliphatic rings. The summed E-state index contributed by atoms with van der Waals surface area (Å²) >= 11 is 0. The van der Waals surface area contributed by atoms with E-state index in [0.29, 0.717) is 0 Å². The van der Waals surface area contributed by atoms with Gasteiger partial charge in [-0.05, 0) is 62.6 Å². The van der Waals surface area contributed by atoms with Gasteiger partial charge in [0.15, 0.2) is 12.4 Å². The molecule has 0 bridgehead atoms. The van der Waals surface area contributed by atoms with Crippen LogP contribution in [-0.4, -0.2) is 38.7 Å². The van der Waals surface area contributed by atoms with Gasteiger partial charge in [-0.2, -0.15) is 0 Å². The van der Waals surface area contributed by atoms with Crippen LogP contribution < -0.4 is 4.74 Å². The molecule has 1 atom stereocenters. The zero-order valence-electron chi connectivity index (χ0n) is 15.3. The SMILES string of the molecule is Cc1cccc(OCC(=O)N2CCCCC2c2nncn2CC2CC2)c1. The number of carbonyl (C=O) groups excluding carboxylic acids is 1. The van der Waals surface area contributed by atoms with Gasteiger partial charge in [0.25, 0.3) is 5.91 Å². The number of hydrogen-bond acceptors (Lipinski definition) is 4. The van der Waals surface area contributed by atoms with E-state index in [1.54, 1.807) is 0 Å². The number of piperidine rings is 1. The zero-order valence-corrected chi connectivity index (χ0v) is 15.3. The van der Waals surface area contributed by atoms with Crippen LogP contribution in [-0.2, 0) is 11.3 Å². The van der Waals surface area contributed by atoms with Crippen molar-refractivity contribution in [2.24, 2.45) is 5.92 Å². The summed E-state index contributed by atoms with van der Waals surface area (Å²) in [4.78, 5) is 14.8. The second-order valence-corrected chi connectivity index (χ2v) is 7.49. The van der Waals surface area contributed by atoms with Crippen LogP contribution >= 0.6 is 0 Å². The van der Waals surface area contributed by atoms with Gasteiger partial charge in [0.1, 0.15) is 12.1 Å². The van der Waals surface area contributed by atoms with Crippen LogP contribution in [0.3, 0.4) is 0 Å². The highest BCUT2D eigenvalue weighted by Crippen LogP contribution is 2.34. The molecule has 1 unspecified atom stereocenters. The van der Waals surface area contributed by atoms with Crippen LogP contribution in [0.2, 0.25) is 0 Å². The lowest BCUT2D eigenvalue weighted by Crippen LogP contribution is -2.42. The second-order valence-electron chi connectivity index (χ2n) is 7.49. The van der Waals surface area contributed by atoms with Crippen molar-refractivity contribution >= 4 is 5.91 Å². The zero-order chi connectivity index (χ0) is 17.9. The van der Waals surface area contributed by atoms with Crippen LogP contribution in [0.25, 0.3) is 0 Å². The molecule has 1 aliphatic heterocycles. The van der Waals surface area contributed by atoms with Gasteiger partial charge >= 0.3 is 0 Å². The minimum Gasteiger partial charge on any atom is -0.484 e. The Hall–Kier alpha value is -2.37. The van der Waals surface area contributed by atoms with Crippen molar-refractivity contribution in [1.29, 1.82) is 0 Å². The highest BCUT2D eigenvalue weighted by Gasteiger charge is 2.33. The summed E-state index contributed by atoms with van der Waals surface area (Å²) in [5, 5.41) is 8.48. The van der Waals surface area contributed by atoms with E-state index in [4.69, 9.17) is 4.74 Å². The molecule has 4 rings (SSSR count).